The number of H-pyrrole nitrogens is 1. The average molecular weight is 398 g/mol. The number of ether oxygens (including phenoxy) is 2. The molecule has 3 rings (SSSR count). The van der Waals surface area contributed by atoms with Crippen molar-refractivity contribution >= 4 is 33.9 Å². The van der Waals surface area contributed by atoms with Crippen molar-refractivity contribution in [3.63, 3.8) is 0 Å². The Morgan fingerprint density at radius 3 is 2.61 bits per heavy atom. The van der Waals surface area contributed by atoms with Crippen molar-refractivity contribution in [1.82, 2.24) is 10.3 Å². The van der Waals surface area contributed by atoms with Gasteiger partial charge in [-0.05, 0) is 60.8 Å². The van der Waals surface area contributed by atoms with Crippen molar-refractivity contribution in [2.75, 3.05) is 26.1 Å². The summed E-state index contributed by atoms with van der Waals surface area (Å²) in [5.74, 6) is 1.27. The quantitative estimate of drug-likeness (QED) is 0.554. The van der Waals surface area contributed by atoms with Crippen molar-refractivity contribution in [1.29, 1.82) is 0 Å². The maximum atomic E-state index is 12.3. The molecule has 6 nitrogen and oxygen atoms in total. The number of fused-ring (bicyclic) bond motifs is 1. The lowest BCUT2D eigenvalue weighted by Gasteiger charge is -2.13. The number of thiocarbonyl (C=S) groups is 1. The normalized spacial score (nSPS) is 10.5. The fourth-order valence-corrected chi connectivity index (χ4v) is 3.17. The van der Waals surface area contributed by atoms with Gasteiger partial charge in [-0.1, -0.05) is 12.1 Å². The van der Waals surface area contributed by atoms with Crippen LogP contribution in [0.2, 0.25) is 0 Å². The van der Waals surface area contributed by atoms with Crippen LogP contribution in [0.5, 0.6) is 11.5 Å². The molecule has 1 heterocycles. The van der Waals surface area contributed by atoms with Crippen molar-refractivity contribution < 1.29 is 9.47 Å². The molecular weight excluding hydrogens is 374 g/mol. The Hall–Kier alpha value is -3.06. The fourth-order valence-electron chi connectivity index (χ4n) is 2.95. The first kappa shape index (κ1) is 19.7. The molecule has 1 aromatic heterocycles. The molecule has 0 atom stereocenters. The number of hydrogen-bond acceptors (Lipinski definition) is 4. The summed E-state index contributed by atoms with van der Waals surface area (Å²) < 4.78 is 10.5. The SMILES string of the molecule is COc1ccc(NC(=S)NCCc2cc3ccc(C)cc3[nH]c2=O)cc1OC. The van der Waals surface area contributed by atoms with Gasteiger partial charge in [-0.2, -0.15) is 0 Å². The molecule has 0 saturated carbocycles. The zero-order chi connectivity index (χ0) is 20.1. The zero-order valence-electron chi connectivity index (χ0n) is 16.1. The van der Waals surface area contributed by atoms with Gasteiger partial charge in [0.15, 0.2) is 16.6 Å². The van der Waals surface area contributed by atoms with E-state index in [1.165, 1.54) is 0 Å². The third kappa shape index (κ3) is 4.61. The standard InChI is InChI=1S/C21H23N3O3S/c1-13-4-5-14-11-15(20(25)24-17(14)10-13)8-9-22-21(28)23-16-6-7-18(26-2)19(12-16)27-3/h4-7,10-12H,8-9H2,1-3H3,(H,24,25)(H2,22,23,28). The minimum absolute atomic E-state index is 0.0707. The van der Waals surface area contributed by atoms with Crippen molar-refractivity contribution in [2.45, 2.75) is 13.3 Å². The van der Waals surface area contributed by atoms with E-state index in [4.69, 9.17) is 21.7 Å². The number of hydrogen-bond donors (Lipinski definition) is 3. The van der Waals surface area contributed by atoms with Crippen molar-refractivity contribution in [2.24, 2.45) is 0 Å². The predicted octanol–water partition coefficient (Wildman–Crippen LogP) is 3.38. The number of rotatable bonds is 6. The highest BCUT2D eigenvalue weighted by molar-refractivity contribution is 7.80. The first-order chi connectivity index (χ1) is 13.5. The van der Waals surface area contributed by atoms with E-state index < -0.39 is 0 Å². The number of nitrogens with one attached hydrogen (secondary N) is 3. The Morgan fingerprint density at radius 2 is 1.86 bits per heavy atom. The second-order valence-corrected chi connectivity index (χ2v) is 6.82. The van der Waals surface area contributed by atoms with Gasteiger partial charge in [0.1, 0.15) is 0 Å². The summed E-state index contributed by atoms with van der Waals surface area (Å²) in [5.41, 5.74) is 3.40. The topological polar surface area (TPSA) is 75.4 Å². The Kier molecular flexibility index (Phi) is 6.16. The molecule has 0 radical (unpaired) electrons. The molecule has 3 aromatic rings. The van der Waals surface area contributed by atoms with E-state index in [1.54, 1.807) is 20.3 Å². The number of aromatic nitrogens is 1. The molecule has 0 aliphatic heterocycles. The number of methoxy groups -OCH3 is 2. The van der Waals surface area contributed by atoms with Gasteiger partial charge in [0.25, 0.3) is 5.56 Å². The number of aryl methyl sites for hydroxylation is 1. The lowest BCUT2D eigenvalue weighted by Crippen LogP contribution is -2.31. The van der Waals surface area contributed by atoms with E-state index in [0.717, 1.165) is 27.7 Å². The van der Waals surface area contributed by atoms with Gasteiger partial charge in [0.05, 0.1) is 14.2 Å². The Bertz CT molecular complexity index is 1060. The summed E-state index contributed by atoms with van der Waals surface area (Å²) in [7, 11) is 3.17. The molecule has 0 bridgehead atoms. The van der Waals surface area contributed by atoms with E-state index in [0.29, 0.717) is 29.6 Å². The summed E-state index contributed by atoms with van der Waals surface area (Å²) in [6.45, 7) is 2.54. The van der Waals surface area contributed by atoms with Crippen molar-refractivity contribution in [3.05, 3.63) is 63.9 Å². The van der Waals surface area contributed by atoms with Gasteiger partial charge in [-0.3, -0.25) is 4.79 Å². The predicted molar refractivity (Wildman–Crippen MR) is 117 cm³/mol. The van der Waals surface area contributed by atoms with Gasteiger partial charge in [-0.25, -0.2) is 0 Å². The summed E-state index contributed by atoms with van der Waals surface area (Å²) in [6, 6.07) is 13.4. The summed E-state index contributed by atoms with van der Waals surface area (Å²) in [5, 5.41) is 7.72. The second kappa shape index (κ2) is 8.75. The minimum Gasteiger partial charge on any atom is -0.493 e. The highest BCUT2D eigenvalue weighted by Gasteiger charge is 2.07. The summed E-state index contributed by atoms with van der Waals surface area (Å²) in [4.78, 5) is 15.2. The molecule has 2 aromatic carbocycles. The van der Waals surface area contributed by atoms with Gasteiger partial charge >= 0.3 is 0 Å². The third-order valence-corrected chi connectivity index (χ3v) is 4.65. The van der Waals surface area contributed by atoms with Gasteiger partial charge in [0.2, 0.25) is 0 Å². The van der Waals surface area contributed by atoms with E-state index in [1.807, 2.05) is 43.3 Å². The molecule has 0 aliphatic rings. The van der Waals surface area contributed by atoms with Crippen LogP contribution in [0, 0.1) is 6.92 Å². The highest BCUT2D eigenvalue weighted by Crippen LogP contribution is 2.29. The third-order valence-electron chi connectivity index (χ3n) is 4.40. The van der Waals surface area contributed by atoms with Gasteiger partial charge < -0.3 is 25.1 Å². The molecule has 3 N–H and O–H groups in total. The Balaban J connectivity index is 1.60. The number of anilines is 1. The van der Waals surface area contributed by atoms with Crippen LogP contribution in [0.25, 0.3) is 10.9 Å². The molecule has 0 unspecified atom stereocenters. The minimum atomic E-state index is -0.0707. The maximum Gasteiger partial charge on any atom is 0.251 e. The molecule has 0 saturated heterocycles. The maximum absolute atomic E-state index is 12.3. The van der Waals surface area contributed by atoms with Crippen molar-refractivity contribution in [3.8, 4) is 11.5 Å². The van der Waals surface area contributed by atoms with E-state index in [-0.39, 0.29) is 5.56 Å². The smallest absolute Gasteiger partial charge is 0.251 e. The zero-order valence-corrected chi connectivity index (χ0v) is 16.9. The van der Waals surface area contributed by atoms with E-state index in [2.05, 4.69) is 15.6 Å². The second-order valence-electron chi connectivity index (χ2n) is 6.42. The van der Waals surface area contributed by atoms with Crippen LogP contribution < -0.4 is 25.7 Å². The van der Waals surface area contributed by atoms with E-state index >= 15 is 0 Å². The van der Waals surface area contributed by atoms with Crippen LogP contribution in [-0.2, 0) is 6.42 Å². The number of aromatic amines is 1. The molecular formula is C21H23N3O3S. The van der Waals surface area contributed by atoms with Gasteiger partial charge in [0, 0.05) is 29.4 Å². The van der Waals surface area contributed by atoms with Gasteiger partial charge in [-0.15, -0.1) is 0 Å². The number of benzene rings is 2. The highest BCUT2D eigenvalue weighted by atomic mass is 32.1. The average Bonchev–Trinajstić information content (AvgIpc) is 2.68. The largest absolute Gasteiger partial charge is 0.493 e. The van der Waals surface area contributed by atoms with Crippen LogP contribution in [0.3, 0.4) is 0 Å². The Morgan fingerprint density at radius 1 is 1.07 bits per heavy atom. The first-order valence-electron chi connectivity index (χ1n) is 8.89. The van der Waals surface area contributed by atoms with Crippen LogP contribution in [0.15, 0.2) is 47.3 Å². The molecule has 0 aliphatic carbocycles. The molecule has 0 spiro atoms. The lowest BCUT2D eigenvalue weighted by atomic mass is 10.1. The lowest BCUT2D eigenvalue weighted by molar-refractivity contribution is 0.355. The fraction of sp³-hybridized carbons (Fsp3) is 0.238. The van der Waals surface area contributed by atoms with Crippen LogP contribution in [0.4, 0.5) is 5.69 Å². The van der Waals surface area contributed by atoms with Crippen LogP contribution in [-0.4, -0.2) is 30.9 Å². The molecule has 0 fully saturated rings. The Labute approximate surface area is 168 Å². The first-order valence-corrected chi connectivity index (χ1v) is 9.30. The summed E-state index contributed by atoms with van der Waals surface area (Å²) in [6.07, 6.45) is 0.562. The van der Waals surface area contributed by atoms with Crippen LogP contribution >= 0.6 is 12.2 Å². The van der Waals surface area contributed by atoms with E-state index in [9.17, 15) is 4.79 Å². The number of pyridine rings is 1. The molecule has 146 valence electrons. The molecule has 7 heteroatoms. The molecule has 28 heavy (non-hydrogen) atoms. The molecule has 0 amide bonds. The monoisotopic (exact) mass is 397 g/mol. The summed E-state index contributed by atoms with van der Waals surface area (Å²) >= 11 is 5.34. The van der Waals surface area contributed by atoms with Crippen LogP contribution in [0.1, 0.15) is 11.1 Å².